The summed E-state index contributed by atoms with van der Waals surface area (Å²) in [7, 11) is 0. The van der Waals surface area contributed by atoms with Crippen molar-refractivity contribution in [3.05, 3.63) is 53.7 Å². The van der Waals surface area contributed by atoms with Gasteiger partial charge in [0.15, 0.2) is 5.82 Å². The number of rotatable bonds is 4. The highest BCUT2D eigenvalue weighted by Crippen LogP contribution is 2.27. The van der Waals surface area contributed by atoms with Gasteiger partial charge in [-0.3, -0.25) is 4.79 Å². The van der Waals surface area contributed by atoms with Crippen molar-refractivity contribution in [2.45, 2.75) is 25.8 Å². The smallest absolute Gasteiger partial charge is 0.293 e. The van der Waals surface area contributed by atoms with Crippen molar-refractivity contribution in [1.82, 2.24) is 20.2 Å². The maximum absolute atomic E-state index is 12.9. The lowest BCUT2D eigenvalue weighted by atomic mass is 10.1. The lowest BCUT2D eigenvalue weighted by Crippen LogP contribution is -2.43. The molecule has 0 spiro atoms. The molecule has 3 heterocycles. The van der Waals surface area contributed by atoms with E-state index in [-0.39, 0.29) is 17.6 Å². The minimum absolute atomic E-state index is 0.182. The molecule has 8 heteroatoms. The quantitative estimate of drug-likeness (QED) is 0.698. The maximum Gasteiger partial charge on any atom is 0.293 e. The van der Waals surface area contributed by atoms with Crippen LogP contribution in [0.15, 0.2) is 45.4 Å². The molecule has 0 aliphatic carbocycles. The Morgan fingerprint density at radius 2 is 2.00 bits per heavy atom. The molecule has 140 valence electrons. The summed E-state index contributed by atoms with van der Waals surface area (Å²) in [5, 5.41) is 8.04. The Kier molecular flexibility index (Phi) is 4.72. The molecule has 2 aromatic heterocycles. The Hall–Kier alpha value is -3.00. The first-order valence-electron chi connectivity index (χ1n) is 8.88. The van der Waals surface area contributed by atoms with Gasteiger partial charge in [0.1, 0.15) is 6.04 Å². The molecule has 1 amide bonds. The SMILES string of the molecule is CC(C)c1cc(C(=O)N2CCOC[C@@H]2c2noc(-c3ccccc3)n2)on1. The number of morpholine rings is 1. The summed E-state index contributed by atoms with van der Waals surface area (Å²) >= 11 is 0. The molecular formula is C19H20N4O4. The molecule has 1 aliphatic rings. The van der Waals surface area contributed by atoms with Crippen molar-refractivity contribution in [2.24, 2.45) is 0 Å². The number of aromatic nitrogens is 3. The first-order valence-corrected chi connectivity index (χ1v) is 8.88. The third-order valence-electron chi connectivity index (χ3n) is 4.48. The van der Waals surface area contributed by atoms with Crippen molar-refractivity contribution in [3.63, 3.8) is 0 Å². The fraction of sp³-hybridized carbons (Fsp3) is 0.368. The average Bonchev–Trinajstić information content (AvgIpc) is 3.38. The Morgan fingerprint density at radius 3 is 2.74 bits per heavy atom. The van der Waals surface area contributed by atoms with Gasteiger partial charge in [-0.1, -0.05) is 42.4 Å². The van der Waals surface area contributed by atoms with Gasteiger partial charge in [0.2, 0.25) is 5.76 Å². The van der Waals surface area contributed by atoms with E-state index in [2.05, 4.69) is 15.3 Å². The predicted octanol–water partition coefficient (Wildman–Crippen LogP) is 3.06. The lowest BCUT2D eigenvalue weighted by Gasteiger charge is -2.32. The topological polar surface area (TPSA) is 94.5 Å². The molecule has 0 radical (unpaired) electrons. The molecule has 0 saturated carbocycles. The molecule has 1 fully saturated rings. The number of carbonyl (C=O) groups excluding carboxylic acids is 1. The van der Waals surface area contributed by atoms with Crippen molar-refractivity contribution in [3.8, 4) is 11.5 Å². The Labute approximate surface area is 156 Å². The third-order valence-corrected chi connectivity index (χ3v) is 4.48. The highest BCUT2D eigenvalue weighted by atomic mass is 16.5. The van der Waals surface area contributed by atoms with E-state index >= 15 is 0 Å². The van der Waals surface area contributed by atoms with Crippen LogP contribution in [0.4, 0.5) is 0 Å². The maximum atomic E-state index is 12.9. The van der Waals surface area contributed by atoms with Gasteiger partial charge >= 0.3 is 0 Å². The summed E-state index contributed by atoms with van der Waals surface area (Å²) in [6, 6.07) is 10.7. The molecule has 3 aromatic rings. The Balaban J connectivity index is 1.59. The van der Waals surface area contributed by atoms with Crippen LogP contribution in [0.5, 0.6) is 0 Å². The van der Waals surface area contributed by atoms with Gasteiger partial charge in [0, 0.05) is 18.2 Å². The molecular weight excluding hydrogens is 348 g/mol. The second kappa shape index (κ2) is 7.32. The summed E-state index contributed by atoms with van der Waals surface area (Å²) in [5.41, 5.74) is 1.57. The van der Waals surface area contributed by atoms with E-state index < -0.39 is 6.04 Å². The van der Waals surface area contributed by atoms with E-state index in [1.807, 2.05) is 44.2 Å². The van der Waals surface area contributed by atoms with Gasteiger partial charge in [-0.2, -0.15) is 4.98 Å². The third kappa shape index (κ3) is 3.48. The van der Waals surface area contributed by atoms with Crippen LogP contribution in [-0.2, 0) is 4.74 Å². The molecule has 0 bridgehead atoms. The molecule has 1 aromatic carbocycles. The number of amides is 1. The number of carbonyl (C=O) groups is 1. The van der Waals surface area contributed by atoms with E-state index in [1.165, 1.54) is 0 Å². The number of benzene rings is 1. The van der Waals surface area contributed by atoms with Crippen LogP contribution in [0.2, 0.25) is 0 Å². The summed E-state index contributed by atoms with van der Waals surface area (Å²) in [6.07, 6.45) is 0. The highest BCUT2D eigenvalue weighted by molar-refractivity contribution is 5.91. The van der Waals surface area contributed by atoms with Crippen LogP contribution in [0.1, 0.15) is 47.9 Å². The summed E-state index contributed by atoms with van der Waals surface area (Å²) in [5.74, 6) is 0.948. The zero-order chi connectivity index (χ0) is 18.8. The minimum Gasteiger partial charge on any atom is -0.377 e. The first kappa shape index (κ1) is 17.4. The largest absolute Gasteiger partial charge is 0.377 e. The standard InChI is InChI=1S/C19H20N4O4/c1-12(2)14-10-16(26-21-14)19(24)23-8-9-25-11-15(23)17-20-18(27-22-17)13-6-4-3-5-7-13/h3-7,10,12,15H,8-9,11H2,1-2H3/t15-/m1/s1. The Bertz CT molecular complexity index is 919. The van der Waals surface area contributed by atoms with Crippen LogP contribution in [0, 0.1) is 0 Å². The van der Waals surface area contributed by atoms with Crippen LogP contribution in [-0.4, -0.2) is 45.9 Å². The van der Waals surface area contributed by atoms with E-state index in [9.17, 15) is 4.79 Å². The normalized spacial score (nSPS) is 17.4. The fourth-order valence-corrected chi connectivity index (χ4v) is 2.93. The highest BCUT2D eigenvalue weighted by Gasteiger charge is 2.34. The number of ether oxygens (including phenoxy) is 1. The van der Waals surface area contributed by atoms with E-state index in [0.29, 0.717) is 31.5 Å². The second-order valence-corrected chi connectivity index (χ2v) is 6.68. The predicted molar refractivity (Wildman–Crippen MR) is 94.9 cm³/mol. The van der Waals surface area contributed by atoms with Gasteiger partial charge < -0.3 is 18.7 Å². The zero-order valence-electron chi connectivity index (χ0n) is 15.2. The zero-order valence-corrected chi connectivity index (χ0v) is 15.2. The van der Waals surface area contributed by atoms with Gasteiger partial charge in [-0.25, -0.2) is 0 Å². The van der Waals surface area contributed by atoms with Crippen LogP contribution in [0.3, 0.4) is 0 Å². The fourth-order valence-electron chi connectivity index (χ4n) is 2.93. The number of hydrogen-bond donors (Lipinski definition) is 0. The van der Waals surface area contributed by atoms with Crippen LogP contribution >= 0.6 is 0 Å². The van der Waals surface area contributed by atoms with Crippen molar-refractivity contribution >= 4 is 5.91 Å². The first-order chi connectivity index (χ1) is 13.1. The molecule has 0 N–H and O–H groups in total. The number of nitrogens with zero attached hydrogens (tertiary/aromatic N) is 4. The van der Waals surface area contributed by atoms with Gasteiger partial charge in [-0.05, 0) is 18.1 Å². The van der Waals surface area contributed by atoms with Crippen molar-refractivity contribution < 1.29 is 18.6 Å². The van der Waals surface area contributed by atoms with E-state index in [0.717, 1.165) is 11.3 Å². The van der Waals surface area contributed by atoms with Gasteiger partial charge in [-0.15, -0.1) is 0 Å². The van der Waals surface area contributed by atoms with E-state index in [4.69, 9.17) is 13.8 Å². The molecule has 8 nitrogen and oxygen atoms in total. The lowest BCUT2D eigenvalue weighted by molar-refractivity contribution is -0.00766. The molecule has 1 atom stereocenters. The van der Waals surface area contributed by atoms with E-state index in [1.54, 1.807) is 11.0 Å². The Morgan fingerprint density at radius 1 is 1.19 bits per heavy atom. The number of hydrogen-bond acceptors (Lipinski definition) is 7. The second-order valence-electron chi connectivity index (χ2n) is 6.68. The molecule has 27 heavy (non-hydrogen) atoms. The minimum atomic E-state index is -0.444. The molecule has 0 unspecified atom stereocenters. The van der Waals surface area contributed by atoms with Crippen molar-refractivity contribution in [2.75, 3.05) is 19.8 Å². The molecule has 1 aliphatic heterocycles. The summed E-state index contributed by atoms with van der Waals surface area (Å²) in [6.45, 7) is 5.14. The summed E-state index contributed by atoms with van der Waals surface area (Å²) in [4.78, 5) is 19.1. The van der Waals surface area contributed by atoms with Crippen LogP contribution in [0.25, 0.3) is 11.5 Å². The molecule has 1 saturated heterocycles. The average molecular weight is 368 g/mol. The van der Waals surface area contributed by atoms with Gasteiger partial charge in [0.25, 0.3) is 11.8 Å². The van der Waals surface area contributed by atoms with Crippen molar-refractivity contribution in [1.29, 1.82) is 0 Å². The monoisotopic (exact) mass is 368 g/mol. The van der Waals surface area contributed by atoms with Crippen LogP contribution < -0.4 is 0 Å². The molecule has 4 rings (SSSR count). The summed E-state index contributed by atoms with van der Waals surface area (Å²) < 4.78 is 16.2. The van der Waals surface area contributed by atoms with Gasteiger partial charge in [0.05, 0.1) is 18.9 Å².